The highest BCUT2D eigenvalue weighted by molar-refractivity contribution is 5.82. The molecule has 0 radical (unpaired) electrons. The molecule has 1 aliphatic carbocycles. The van der Waals surface area contributed by atoms with Crippen molar-refractivity contribution < 1.29 is 33.6 Å². The molecule has 0 saturated carbocycles. The van der Waals surface area contributed by atoms with E-state index in [1.165, 1.54) is 13.8 Å². The monoisotopic (exact) mass is 474 g/mol. The second-order valence-electron chi connectivity index (χ2n) is 9.69. The van der Waals surface area contributed by atoms with Gasteiger partial charge in [0.15, 0.2) is 23.7 Å². The highest BCUT2D eigenvalue weighted by Crippen LogP contribution is 2.62. The fourth-order valence-electron chi connectivity index (χ4n) is 5.68. The maximum absolute atomic E-state index is 12.8. The summed E-state index contributed by atoms with van der Waals surface area (Å²) in [7, 11) is 3.57. The predicted molar refractivity (Wildman–Crippen MR) is 123 cm³/mol. The van der Waals surface area contributed by atoms with Gasteiger partial charge in [0.05, 0.1) is 18.1 Å². The zero-order valence-corrected chi connectivity index (χ0v) is 20.6. The Morgan fingerprint density at radius 2 is 2.00 bits per heavy atom. The number of likely N-dealkylation sites (N-methyl/N-ethyl adjacent to an activating group) is 1. The lowest BCUT2D eigenvalue weighted by Crippen LogP contribution is -2.71. The number of likely N-dealkylation sites (tertiary alicyclic amines) is 1. The fourth-order valence-corrected chi connectivity index (χ4v) is 5.68. The number of hydrogen-bond acceptors (Lipinski definition) is 9. The molecule has 34 heavy (non-hydrogen) atoms. The van der Waals surface area contributed by atoms with Gasteiger partial charge in [-0.1, -0.05) is 6.07 Å². The third-order valence-corrected chi connectivity index (χ3v) is 7.75. The molecule has 0 amide bonds. The van der Waals surface area contributed by atoms with Crippen molar-refractivity contribution in [2.24, 2.45) is 5.73 Å². The van der Waals surface area contributed by atoms with Crippen LogP contribution in [0.3, 0.4) is 0 Å². The van der Waals surface area contributed by atoms with Crippen molar-refractivity contribution in [1.82, 2.24) is 4.90 Å². The van der Waals surface area contributed by atoms with Gasteiger partial charge in [-0.05, 0) is 65.4 Å². The average Bonchev–Trinajstić information content (AvgIpc) is 3.16. The van der Waals surface area contributed by atoms with Crippen molar-refractivity contribution >= 4 is 11.9 Å². The minimum Gasteiger partial charge on any atom is -0.493 e. The van der Waals surface area contributed by atoms with Crippen LogP contribution in [0, 0.1) is 6.92 Å². The Morgan fingerprint density at radius 3 is 2.65 bits per heavy atom. The molecule has 2 heterocycles. The summed E-state index contributed by atoms with van der Waals surface area (Å²) in [6.07, 6.45) is 0.690. The topological polar surface area (TPSA) is 121 Å². The SMILES string of the molecule is COc1ccc(C)c2c1O[C@H]1C(OC(=O)[C@H](C)OC(=O)[C@H](C)N)=CC[C@@]3(O)[C@@H](C)N(C)CC[C@]213. The maximum atomic E-state index is 12.8. The van der Waals surface area contributed by atoms with Crippen LogP contribution in [0.1, 0.15) is 44.7 Å². The summed E-state index contributed by atoms with van der Waals surface area (Å²) in [6, 6.07) is 2.76. The molecular formula is C25H34N2O7. The average molecular weight is 475 g/mol. The Morgan fingerprint density at radius 1 is 1.29 bits per heavy atom. The summed E-state index contributed by atoms with van der Waals surface area (Å²) in [5, 5.41) is 12.2. The fraction of sp³-hybridized carbons (Fsp3) is 0.600. The number of rotatable bonds is 5. The molecule has 1 aromatic carbocycles. The van der Waals surface area contributed by atoms with E-state index in [1.54, 1.807) is 13.2 Å². The number of hydrogen-bond donors (Lipinski definition) is 2. The van der Waals surface area contributed by atoms with Crippen LogP contribution in [0.2, 0.25) is 0 Å². The minimum absolute atomic E-state index is 0.177. The van der Waals surface area contributed by atoms with E-state index in [0.29, 0.717) is 23.7 Å². The highest BCUT2D eigenvalue weighted by Gasteiger charge is 2.69. The Balaban J connectivity index is 1.76. The standard InChI is InChI=1S/C25H34N2O7/c1-13-7-8-17(31-6)20-19(13)24-11-12-27(5)16(4)25(24,30)10-9-18(21(24)34-20)33-23(29)15(3)32-22(28)14(2)26/h7-9,14-16,21,30H,10-12,26H2,1-6H3/t14-,15-,16+,21-,24-,25+/m0/s1. The Labute approximate surface area is 199 Å². The molecule has 4 rings (SSSR count). The number of fused-ring (bicyclic) bond motifs is 1. The normalized spacial score (nSPS) is 31.7. The quantitative estimate of drug-likeness (QED) is 0.613. The van der Waals surface area contributed by atoms with Crippen LogP contribution in [0.5, 0.6) is 11.5 Å². The summed E-state index contributed by atoms with van der Waals surface area (Å²) in [4.78, 5) is 26.8. The molecule has 9 nitrogen and oxygen atoms in total. The van der Waals surface area contributed by atoms with Crippen molar-refractivity contribution in [2.75, 3.05) is 20.7 Å². The zero-order valence-electron chi connectivity index (χ0n) is 20.6. The Kier molecular flexibility index (Phi) is 6.16. The van der Waals surface area contributed by atoms with Gasteiger partial charge in [-0.15, -0.1) is 0 Å². The number of ether oxygens (including phenoxy) is 4. The lowest BCUT2D eigenvalue weighted by molar-refractivity contribution is -0.172. The van der Waals surface area contributed by atoms with Crippen LogP contribution in [0.4, 0.5) is 0 Å². The van der Waals surface area contributed by atoms with E-state index in [2.05, 4.69) is 4.90 Å². The molecule has 1 aromatic rings. The maximum Gasteiger partial charge on any atom is 0.352 e. The van der Waals surface area contributed by atoms with E-state index < -0.39 is 41.2 Å². The molecule has 3 aliphatic rings. The molecule has 3 N–H and O–H groups in total. The van der Waals surface area contributed by atoms with Crippen molar-refractivity contribution in [3.63, 3.8) is 0 Å². The molecule has 0 bridgehead atoms. The third-order valence-electron chi connectivity index (χ3n) is 7.75. The first-order valence-electron chi connectivity index (χ1n) is 11.6. The van der Waals surface area contributed by atoms with E-state index in [9.17, 15) is 14.7 Å². The number of benzene rings is 1. The molecule has 9 heteroatoms. The van der Waals surface area contributed by atoms with Crippen molar-refractivity contribution in [3.05, 3.63) is 35.1 Å². The van der Waals surface area contributed by atoms with Crippen LogP contribution < -0.4 is 15.2 Å². The first-order valence-corrected chi connectivity index (χ1v) is 11.6. The number of nitrogens with two attached hydrogens (primary N) is 1. The number of aryl methyl sites for hydroxylation is 1. The van der Waals surface area contributed by atoms with Crippen molar-refractivity contribution in [2.45, 2.75) is 75.8 Å². The van der Waals surface area contributed by atoms with Crippen molar-refractivity contribution in [1.29, 1.82) is 0 Å². The summed E-state index contributed by atoms with van der Waals surface area (Å²) in [6.45, 7) is 7.64. The molecule has 0 aromatic heterocycles. The van der Waals surface area contributed by atoms with E-state index in [4.69, 9.17) is 24.7 Å². The summed E-state index contributed by atoms with van der Waals surface area (Å²) < 4.78 is 22.9. The first kappa shape index (κ1) is 24.5. The summed E-state index contributed by atoms with van der Waals surface area (Å²) >= 11 is 0. The number of aliphatic hydroxyl groups is 1. The van der Waals surface area contributed by atoms with Gasteiger partial charge in [0.2, 0.25) is 0 Å². The lowest BCUT2D eigenvalue weighted by Gasteiger charge is -2.58. The minimum atomic E-state index is -1.17. The largest absolute Gasteiger partial charge is 0.493 e. The van der Waals surface area contributed by atoms with Crippen LogP contribution in [-0.2, 0) is 24.5 Å². The molecular weight excluding hydrogens is 440 g/mol. The smallest absolute Gasteiger partial charge is 0.352 e. The van der Waals surface area contributed by atoms with E-state index in [-0.39, 0.29) is 12.5 Å². The Hall–Kier alpha value is -2.62. The zero-order chi connectivity index (χ0) is 25.0. The molecule has 1 saturated heterocycles. The number of carbonyl (C=O) groups excluding carboxylic acids is 2. The van der Waals surface area contributed by atoms with E-state index >= 15 is 0 Å². The molecule has 2 aliphatic heterocycles. The second kappa shape index (κ2) is 8.55. The molecule has 1 spiro atoms. The van der Waals surface area contributed by atoms with E-state index in [1.807, 2.05) is 33.0 Å². The number of methoxy groups -OCH3 is 1. The molecule has 6 atom stereocenters. The highest BCUT2D eigenvalue weighted by atomic mass is 16.6. The second-order valence-corrected chi connectivity index (χ2v) is 9.69. The van der Waals surface area contributed by atoms with Gasteiger partial charge in [0.1, 0.15) is 11.8 Å². The van der Waals surface area contributed by atoms with Gasteiger partial charge in [0.25, 0.3) is 0 Å². The number of nitrogens with zero attached hydrogens (tertiary/aromatic N) is 1. The Bertz CT molecular complexity index is 1040. The van der Waals surface area contributed by atoms with Gasteiger partial charge in [-0.3, -0.25) is 4.79 Å². The van der Waals surface area contributed by atoms with Gasteiger partial charge >= 0.3 is 11.9 Å². The summed E-state index contributed by atoms with van der Waals surface area (Å²) in [5.74, 6) is -0.00838. The van der Waals surface area contributed by atoms with Crippen molar-refractivity contribution in [3.8, 4) is 11.5 Å². The van der Waals surface area contributed by atoms with Crippen LogP contribution >= 0.6 is 0 Å². The van der Waals surface area contributed by atoms with Gasteiger partial charge in [-0.25, -0.2) is 4.79 Å². The van der Waals surface area contributed by atoms with Gasteiger partial charge in [0, 0.05) is 18.0 Å². The number of esters is 2. The van der Waals surface area contributed by atoms with Crippen LogP contribution in [-0.4, -0.2) is 72.5 Å². The molecule has 186 valence electrons. The number of piperidine rings is 1. The van der Waals surface area contributed by atoms with Crippen LogP contribution in [0.25, 0.3) is 0 Å². The lowest BCUT2D eigenvalue weighted by atomic mass is 9.54. The third kappa shape index (κ3) is 3.40. The first-order chi connectivity index (χ1) is 16.0. The van der Waals surface area contributed by atoms with Gasteiger partial charge in [-0.2, -0.15) is 0 Å². The van der Waals surface area contributed by atoms with Gasteiger partial charge < -0.3 is 34.7 Å². The predicted octanol–water partition coefficient (Wildman–Crippen LogP) is 1.57. The number of carbonyl (C=O) groups is 2. The summed E-state index contributed by atoms with van der Waals surface area (Å²) in [5.41, 5.74) is 5.38. The van der Waals surface area contributed by atoms with E-state index in [0.717, 1.165) is 17.7 Å². The van der Waals surface area contributed by atoms with Crippen LogP contribution in [0.15, 0.2) is 24.0 Å². The molecule has 0 unspecified atom stereocenters. The molecule has 1 fully saturated rings.